The molecule has 1 saturated heterocycles. The molecule has 13 heteroatoms. The highest BCUT2D eigenvalue weighted by atomic mass is 32.1. The zero-order chi connectivity index (χ0) is 33.4. The van der Waals surface area contributed by atoms with E-state index in [9.17, 15) is 22.4 Å². The van der Waals surface area contributed by atoms with Crippen molar-refractivity contribution in [1.29, 1.82) is 0 Å². The number of benzene rings is 2. The fourth-order valence-corrected chi connectivity index (χ4v) is 4.74. The van der Waals surface area contributed by atoms with Crippen molar-refractivity contribution in [2.24, 2.45) is 15.9 Å². The van der Waals surface area contributed by atoms with Crippen LogP contribution in [-0.2, 0) is 0 Å². The number of carbonyl (C=O) groups excluding carboxylic acids is 1. The smallest absolute Gasteiger partial charge is 0.406 e. The lowest BCUT2D eigenvalue weighted by molar-refractivity contribution is -0.274. The van der Waals surface area contributed by atoms with Crippen LogP contribution in [0, 0.1) is 18.7 Å². The van der Waals surface area contributed by atoms with Gasteiger partial charge in [0.2, 0.25) is 5.96 Å². The number of hydrogen-bond donors (Lipinski definition) is 3. The van der Waals surface area contributed by atoms with Gasteiger partial charge >= 0.3 is 12.4 Å². The predicted molar refractivity (Wildman–Crippen MR) is 177 cm³/mol. The third-order valence-electron chi connectivity index (χ3n) is 6.93. The first kappa shape index (κ1) is 37.4. The molecule has 1 aliphatic heterocycles. The molecule has 1 fully saturated rings. The average Bonchev–Trinajstić information content (AvgIpc) is 2.97. The number of hydrogen-bond acceptors (Lipinski definition) is 4. The first-order valence-electron chi connectivity index (χ1n) is 15.0. The van der Waals surface area contributed by atoms with Crippen molar-refractivity contribution in [3.8, 4) is 5.75 Å². The second kappa shape index (κ2) is 18.9. The van der Waals surface area contributed by atoms with E-state index in [1.165, 1.54) is 24.3 Å². The number of alkyl halides is 3. The Hall–Kier alpha value is -3.74. The molecule has 1 aliphatic rings. The number of ether oxygens (including phenoxy) is 1. The van der Waals surface area contributed by atoms with Crippen molar-refractivity contribution >= 4 is 41.2 Å². The molecular weight excluding hydrogens is 608 g/mol. The Morgan fingerprint density at radius 1 is 1.16 bits per heavy atom. The molecule has 3 rings (SSSR count). The number of nitrogens with one attached hydrogen (secondary N) is 3. The van der Waals surface area contributed by atoms with E-state index in [2.05, 4.69) is 42.5 Å². The minimum atomic E-state index is -4.60. The van der Waals surface area contributed by atoms with E-state index in [4.69, 9.17) is 12.2 Å². The van der Waals surface area contributed by atoms with Crippen LogP contribution in [0.1, 0.15) is 69.9 Å². The van der Waals surface area contributed by atoms with E-state index in [-0.39, 0.29) is 28.6 Å². The van der Waals surface area contributed by atoms with E-state index < -0.39 is 6.36 Å². The van der Waals surface area contributed by atoms with Crippen LogP contribution in [0.15, 0.2) is 52.4 Å². The average molecular weight is 653 g/mol. The Kier molecular flexibility index (Phi) is 15.7. The summed E-state index contributed by atoms with van der Waals surface area (Å²) in [5.41, 5.74) is 2.39. The van der Waals surface area contributed by atoms with Gasteiger partial charge in [-0.25, -0.2) is 14.2 Å². The number of nitrogens with zero attached hydrogens (tertiary/aromatic N) is 3. The predicted octanol–water partition coefficient (Wildman–Crippen LogP) is 7.80. The maximum absolute atomic E-state index is 13.5. The Balaban J connectivity index is 0.000000490. The lowest BCUT2D eigenvalue weighted by Gasteiger charge is -2.32. The SMILES string of the molecule is CCC/C=N\C(=NC)N1CCC(CCNC(=O)NC(=S)Nc2ccc(F)cc2C(C)C)CC1.Cc1ccc(OC(F)(F)F)cc1. The summed E-state index contributed by atoms with van der Waals surface area (Å²) < 4.78 is 52.1. The van der Waals surface area contributed by atoms with E-state index in [1.54, 1.807) is 32.2 Å². The van der Waals surface area contributed by atoms with E-state index in [0.717, 1.165) is 62.3 Å². The standard InChI is InChI=1S/C24H37FN6OS.C8H7F3O/c1-5-6-12-27-22(26-4)31-14-10-18(11-15-31)9-13-28-23(32)30-24(33)29-21-8-7-19(25)16-20(21)17(2)3;1-6-2-4-7(5-3-6)12-8(9,10)11/h7-8,12,16-18H,5-6,9-11,13-15H2,1-4H3,(H3,28,29,30,32,33);2-5H,1H3/b26-22?,27-12-;. The maximum Gasteiger partial charge on any atom is 0.573 e. The van der Waals surface area contributed by atoms with Gasteiger partial charge in [-0.15, -0.1) is 13.2 Å². The van der Waals surface area contributed by atoms with Crippen LogP contribution in [-0.4, -0.2) is 61.3 Å². The Morgan fingerprint density at radius 2 is 1.82 bits per heavy atom. The number of piperidine rings is 1. The Morgan fingerprint density at radius 3 is 2.40 bits per heavy atom. The van der Waals surface area contributed by atoms with Gasteiger partial charge in [-0.3, -0.25) is 10.3 Å². The van der Waals surface area contributed by atoms with Gasteiger partial charge < -0.3 is 20.3 Å². The van der Waals surface area contributed by atoms with Gasteiger partial charge in [0.25, 0.3) is 0 Å². The molecule has 0 atom stereocenters. The molecule has 0 unspecified atom stereocenters. The molecule has 248 valence electrons. The molecule has 0 radical (unpaired) electrons. The summed E-state index contributed by atoms with van der Waals surface area (Å²) in [7, 11) is 1.78. The zero-order valence-electron chi connectivity index (χ0n) is 26.5. The molecule has 45 heavy (non-hydrogen) atoms. The molecule has 0 aliphatic carbocycles. The van der Waals surface area contributed by atoms with Crippen LogP contribution in [0.25, 0.3) is 0 Å². The third-order valence-corrected chi connectivity index (χ3v) is 7.13. The van der Waals surface area contributed by atoms with Gasteiger partial charge in [0.15, 0.2) is 5.11 Å². The van der Waals surface area contributed by atoms with Gasteiger partial charge in [-0.05, 0) is 92.6 Å². The third kappa shape index (κ3) is 14.7. The number of urea groups is 1. The first-order chi connectivity index (χ1) is 21.3. The summed E-state index contributed by atoms with van der Waals surface area (Å²) in [4.78, 5) is 23.2. The zero-order valence-corrected chi connectivity index (χ0v) is 27.3. The summed E-state index contributed by atoms with van der Waals surface area (Å²) in [6.45, 7) is 10.3. The largest absolute Gasteiger partial charge is 0.573 e. The summed E-state index contributed by atoms with van der Waals surface area (Å²) in [6.07, 6.45) is 2.39. The molecule has 2 amide bonds. The van der Waals surface area contributed by atoms with Crippen molar-refractivity contribution in [2.75, 3.05) is 32.0 Å². The summed E-state index contributed by atoms with van der Waals surface area (Å²) in [5, 5.41) is 8.69. The number of thiocarbonyl (C=S) groups is 1. The second-order valence-electron chi connectivity index (χ2n) is 10.9. The number of unbranched alkanes of at least 4 members (excludes halogenated alkanes) is 1. The minimum Gasteiger partial charge on any atom is -0.406 e. The van der Waals surface area contributed by atoms with Gasteiger partial charge in [-0.2, -0.15) is 0 Å². The molecular formula is C32H44F4N6O2S. The highest BCUT2D eigenvalue weighted by Gasteiger charge is 2.30. The molecule has 2 aromatic rings. The number of rotatable bonds is 8. The molecule has 0 aromatic heterocycles. The topological polar surface area (TPSA) is 90.4 Å². The number of amides is 2. The van der Waals surface area contributed by atoms with Crippen LogP contribution < -0.4 is 20.7 Å². The van der Waals surface area contributed by atoms with Crippen LogP contribution in [0.3, 0.4) is 0 Å². The lowest BCUT2D eigenvalue weighted by Crippen LogP contribution is -2.43. The monoisotopic (exact) mass is 652 g/mol. The van der Waals surface area contributed by atoms with Crippen molar-refractivity contribution in [3.63, 3.8) is 0 Å². The van der Waals surface area contributed by atoms with Crippen LogP contribution in [0.4, 0.5) is 28.0 Å². The van der Waals surface area contributed by atoms with Crippen molar-refractivity contribution in [3.05, 3.63) is 59.4 Å². The van der Waals surface area contributed by atoms with Crippen molar-refractivity contribution in [2.45, 2.75) is 72.1 Å². The minimum absolute atomic E-state index is 0.120. The first-order valence-corrected chi connectivity index (χ1v) is 15.4. The molecule has 0 saturated carbocycles. The van der Waals surface area contributed by atoms with Crippen molar-refractivity contribution in [1.82, 2.24) is 15.5 Å². The molecule has 1 heterocycles. The Bertz CT molecular complexity index is 1280. The molecule has 0 bridgehead atoms. The van der Waals surface area contributed by atoms with Crippen LogP contribution in [0.2, 0.25) is 0 Å². The number of halogens is 4. The number of aryl methyl sites for hydroxylation is 1. The second-order valence-corrected chi connectivity index (χ2v) is 11.3. The highest BCUT2D eigenvalue weighted by molar-refractivity contribution is 7.80. The van der Waals surface area contributed by atoms with E-state index in [0.29, 0.717) is 18.2 Å². The normalized spacial score (nSPS) is 14.2. The summed E-state index contributed by atoms with van der Waals surface area (Å²) in [5.74, 6) is 0.996. The van der Waals surface area contributed by atoms with Gasteiger partial charge in [0.1, 0.15) is 11.6 Å². The number of aliphatic imine (C=N–C) groups is 2. The number of anilines is 1. The molecule has 0 spiro atoms. The lowest BCUT2D eigenvalue weighted by atomic mass is 9.94. The van der Waals surface area contributed by atoms with Crippen LogP contribution >= 0.6 is 12.2 Å². The van der Waals surface area contributed by atoms with Gasteiger partial charge in [-0.1, -0.05) is 44.9 Å². The highest BCUT2D eigenvalue weighted by Crippen LogP contribution is 2.25. The van der Waals surface area contributed by atoms with Gasteiger partial charge in [0, 0.05) is 38.6 Å². The molecule has 8 nitrogen and oxygen atoms in total. The van der Waals surface area contributed by atoms with Crippen molar-refractivity contribution < 1.29 is 27.1 Å². The van der Waals surface area contributed by atoms with E-state index in [1.807, 2.05) is 20.1 Å². The Labute approximate surface area is 268 Å². The number of likely N-dealkylation sites (tertiary alicyclic amines) is 1. The number of carbonyl (C=O) groups is 1. The molecule has 2 aromatic carbocycles. The van der Waals surface area contributed by atoms with Gasteiger partial charge in [0.05, 0.1) is 0 Å². The maximum atomic E-state index is 13.5. The van der Waals surface area contributed by atoms with Crippen LogP contribution in [0.5, 0.6) is 5.75 Å². The van der Waals surface area contributed by atoms with E-state index >= 15 is 0 Å². The quantitative estimate of drug-likeness (QED) is 0.117. The summed E-state index contributed by atoms with van der Waals surface area (Å²) in [6, 6.07) is 9.81. The molecule has 3 N–H and O–H groups in total. The number of guanidine groups is 1. The summed E-state index contributed by atoms with van der Waals surface area (Å²) >= 11 is 5.25. The fraction of sp³-hybridized carbons (Fsp3) is 0.500. The fourth-order valence-electron chi connectivity index (χ4n) is 4.53.